The van der Waals surface area contributed by atoms with E-state index in [4.69, 9.17) is 9.84 Å². The second-order valence-corrected chi connectivity index (χ2v) is 6.18. The Balaban J connectivity index is 2.20. The van der Waals surface area contributed by atoms with Crippen molar-refractivity contribution in [3.05, 3.63) is 24.0 Å². The maximum atomic E-state index is 12.3. The first-order chi connectivity index (χ1) is 9.53. The molecule has 1 aliphatic heterocycles. The zero-order chi connectivity index (χ0) is 14.6. The van der Waals surface area contributed by atoms with Gasteiger partial charge in [-0.3, -0.25) is 4.98 Å². The Labute approximate surface area is 118 Å². The molecular weight excluding hydrogens is 280 g/mol. The molecule has 2 atom stereocenters. The SMILES string of the molecule is CC1OCCC1NS(=O)(=O)c1cncc(C#CCO)c1. The summed E-state index contributed by atoms with van der Waals surface area (Å²) in [5.74, 6) is 5.08. The van der Waals surface area contributed by atoms with Crippen LogP contribution in [0.1, 0.15) is 18.9 Å². The smallest absolute Gasteiger partial charge is 0.242 e. The highest BCUT2D eigenvalue weighted by Crippen LogP contribution is 2.17. The predicted octanol–water partition coefficient (Wildman–Crippen LogP) is -0.119. The van der Waals surface area contributed by atoms with E-state index in [1.807, 2.05) is 6.92 Å². The van der Waals surface area contributed by atoms with E-state index in [0.717, 1.165) is 0 Å². The molecule has 0 bridgehead atoms. The number of ether oxygens (including phenoxy) is 1. The van der Waals surface area contributed by atoms with Gasteiger partial charge in [-0.15, -0.1) is 0 Å². The van der Waals surface area contributed by atoms with Gasteiger partial charge in [0.25, 0.3) is 0 Å². The van der Waals surface area contributed by atoms with E-state index in [1.54, 1.807) is 0 Å². The molecule has 0 amide bonds. The number of sulfonamides is 1. The van der Waals surface area contributed by atoms with E-state index in [1.165, 1.54) is 18.5 Å². The summed E-state index contributed by atoms with van der Waals surface area (Å²) in [5.41, 5.74) is 0.442. The Morgan fingerprint density at radius 2 is 2.35 bits per heavy atom. The number of nitrogens with one attached hydrogen (secondary N) is 1. The number of aromatic nitrogens is 1. The summed E-state index contributed by atoms with van der Waals surface area (Å²) in [6.07, 6.45) is 3.23. The highest BCUT2D eigenvalue weighted by Gasteiger charge is 2.29. The minimum atomic E-state index is -3.65. The molecule has 0 radical (unpaired) electrons. The summed E-state index contributed by atoms with van der Waals surface area (Å²) >= 11 is 0. The molecule has 0 spiro atoms. The van der Waals surface area contributed by atoms with Crippen molar-refractivity contribution in [2.75, 3.05) is 13.2 Å². The summed E-state index contributed by atoms with van der Waals surface area (Å²) in [7, 11) is -3.65. The van der Waals surface area contributed by atoms with Crippen molar-refractivity contribution in [3.8, 4) is 11.8 Å². The zero-order valence-corrected chi connectivity index (χ0v) is 11.9. The standard InChI is InChI=1S/C13H16N2O4S/c1-10-13(4-6-19-10)15-20(17,18)12-7-11(3-2-5-16)8-14-9-12/h7-10,13,15-16H,4-6H2,1H3. The van der Waals surface area contributed by atoms with Crippen LogP contribution in [0.15, 0.2) is 23.4 Å². The molecule has 1 aromatic heterocycles. The van der Waals surface area contributed by atoms with Crippen LogP contribution in [-0.4, -0.2) is 43.9 Å². The lowest BCUT2D eigenvalue weighted by molar-refractivity contribution is 0.117. The summed E-state index contributed by atoms with van der Waals surface area (Å²) in [6, 6.07) is 1.20. The van der Waals surface area contributed by atoms with E-state index in [-0.39, 0.29) is 23.6 Å². The number of rotatable bonds is 3. The molecule has 108 valence electrons. The minimum absolute atomic E-state index is 0.0568. The number of hydrogen-bond donors (Lipinski definition) is 2. The van der Waals surface area contributed by atoms with Crippen LogP contribution in [0, 0.1) is 11.8 Å². The van der Waals surface area contributed by atoms with Gasteiger partial charge in [0, 0.05) is 24.6 Å². The summed E-state index contributed by atoms with van der Waals surface area (Å²) in [5, 5.41) is 8.64. The maximum Gasteiger partial charge on any atom is 0.242 e. The first-order valence-corrected chi connectivity index (χ1v) is 7.70. The largest absolute Gasteiger partial charge is 0.384 e. The van der Waals surface area contributed by atoms with E-state index < -0.39 is 10.0 Å². The molecule has 1 aliphatic rings. The Bertz CT molecular complexity index is 633. The van der Waals surface area contributed by atoms with Crippen LogP contribution in [0.2, 0.25) is 0 Å². The van der Waals surface area contributed by atoms with Gasteiger partial charge in [-0.25, -0.2) is 13.1 Å². The van der Waals surface area contributed by atoms with Gasteiger partial charge in [0.05, 0.1) is 12.1 Å². The van der Waals surface area contributed by atoms with E-state index >= 15 is 0 Å². The number of aliphatic hydroxyl groups excluding tert-OH is 1. The van der Waals surface area contributed by atoms with Crippen LogP contribution in [-0.2, 0) is 14.8 Å². The molecule has 2 heterocycles. The van der Waals surface area contributed by atoms with Crippen molar-refractivity contribution in [2.24, 2.45) is 0 Å². The van der Waals surface area contributed by atoms with Crippen LogP contribution >= 0.6 is 0 Å². The van der Waals surface area contributed by atoms with Crippen LogP contribution in [0.25, 0.3) is 0 Å². The van der Waals surface area contributed by atoms with Crippen LogP contribution < -0.4 is 4.72 Å². The Morgan fingerprint density at radius 1 is 1.55 bits per heavy atom. The quantitative estimate of drug-likeness (QED) is 0.759. The van der Waals surface area contributed by atoms with E-state index in [0.29, 0.717) is 18.6 Å². The van der Waals surface area contributed by atoms with Crippen molar-refractivity contribution < 1.29 is 18.3 Å². The summed E-state index contributed by atoms with van der Waals surface area (Å²) in [4.78, 5) is 3.92. The molecular formula is C13H16N2O4S. The molecule has 0 aromatic carbocycles. The van der Waals surface area contributed by atoms with Gasteiger partial charge in [-0.05, 0) is 19.4 Å². The van der Waals surface area contributed by atoms with E-state index in [2.05, 4.69) is 21.5 Å². The van der Waals surface area contributed by atoms with Crippen molar-refractivity contribution in [1.82, 2.24) is 9.71 Å². The lowest BCUT2D eigenvalue weighted by Gasteiger charge is -2.16. The van der Waals surface area contributed by atoms with Gasteiger partial charge in [-0.1, -0.05) is 11.8 Å². The lowest BCUT2D eigenvalue weighted by Crippen LogP contribution is -2.39. The fourth-order valence-electron chi connectivity index (χ4n) is 1.93. The molecule has 1 saturated heterocycles. The molecule has 6 nitrogen and oxygen atoms in total. The first kappa shape index (κ1) is 14.9. The number of pyridine rings is 1. The molecule has 0 aliphatic carbocycles. The number of nitrogens with zero attached hydrogens (tertiary/aromatic N) is 1. The zero-order valence-electron chi connectivity index (χ0n) is 11.0. The van der Waals surface area contributed by atoms with Crippen LogP contribution in [0.3, 0.4) is 0 Å². The third kappa shape index (κ3) is 3.55. The Morgan fingerprint density at radius 3 is 3.00 bits per heavy atom. The monoisotopic (exact) mass is 296 g/mol. The third-order valence-electron chi connectivity index (χ3n) is 3.02. The average molecular weight is 296 g/mol. The average Bonchev–Trinajstić information content (AvgIpc) is 2.82. The fourth-order valence-corrected chi connectivity index (χ4v) is 3.26. The van der Waals surface area contributed by atoms with Gasteiger partial charge in [0.1, 0.15) is 11.5 Å². The normalized spacial score (nSPS) is 22.3. The molecule has 1 fully saturated rings. The van der Waals surface area contributed by atoms with Crippen molar-refractivity contribution in [3.63, 3.8) is 0 Å². The number of hydrogen-bond acceptors (Lipinski definition) is 5. The van der Waals surface area contributed by atoms with Crippen molar-refractivity contribution in [1.29, 1.82) is 0 Å². The molecule has 2 rings (SSSR count). The molecule has 20 heavy (non-hydrogen) atoms. The first-order valence-electron chi connectivity index (χ1n) is 6.21. The molecule has 7 heteroatoms. The minimum Gasteiger partial charge on any atom is -0.384 e. The topological polar surface area (TPSA) is 88.5 Å². The molecule has 0 saturated carbocycles. The Kier molecular flexibility index (Phi) is 4.73. The molecule has 1 aromatic rings. The summed E-state index contributed by atoms with van der Waals surface area (Å²) in [6.45, 7) is 2.10. The predicted molar refractivity (Wildman–Crippen MR) is 72.3 cm³/mol. The molecule has 2 N–H and O–H groups in total. The van der Waals surface area contributed by atoms with Gasteiger partial charge >= 0.3 is 0 Å². The van der Waals surface area contributed by atoms with E-state index in [9.17, 15) is 8.42 Å². The van der Waals surface area contributed by atoms with Crippen LogP contribution in [0.5, 0.6) is 0 Å². The third-order valence-corrected chi connectivity index (χ3v) is 4.47. The second-order valence-electron chi connectivity index (χ2n) is 4.46. The fraction of sp³-hybridized carbons (Fsp3) is 0.462. The Hall–Kier alpha value is -1.46. The van der Waals surface area contributed by atoms with Crippen molar-refractivity contribution >= 4 is 10.0 Å². The highest BCUT2D eigenvalue weighted by atomic mass is 32.2. The van der Waals surface area contributed by atoms with Gasteiger partial charge in [-0.2, -0.15) is 0 Å². The lowest BCUT2D eigenvalue weighted by atomic mass is 10.2. The van der Waals surface area contributed by atoms with Gasteiger partial charge in [0.15, 0.2) is 0 Å². The number of aliphatic hydroxyl groups is 1. The maximum absolute atomic E-state index is 12.3. The van der Waals surface area contributed by atoms with Crippen molar-refractivity contribution in [2.45, 2.75) is 30.4 Å². The summed E-state index contributed by atoms with van der Waals surface area (Å²) < 4.78 is 32.5. The van der Waals surface area contributed by atoms with Gasteiger partial charge < -0.3 is 9.84 Å². The van der Waals surface area contributed by atoms with Gasteiger partial charge in [0.2, 0.25) is 10.0 Å². The van der Waals surface area contributed by atoms with Crippen LogP contribution in [0.4, 0.5) is 0 Å². The highest BCUT2D eigenvalue weighted by molar-refractivity contribution is 7.89. The second kappa shape index (κ2) is 6.33. The molecule has 2 unspecified atom stereocenters.